The fourth-order valence-electron chi connectivity index (χ4n) is 10.5. The lowest BCUT2D eigenvalue weighted by molar-refractivity contribution is -0.161. The van der Waals surface area contributed by atoms with E-state index in [2.05, 4.69) is 0 Å². The van der Waals surface area contributed by atoms with E-state index in [0.717, 1.165) is 0 Å². The van der Waals surface area contributed by atoms with Crippen LogP contribution < -0.4 is 47.4 Å². The molecule has 66 heavy (non-hydrogen) atoms. The third-order valence-corrected chi connectivity index (χ3v) is 13.4. The molecular formula is C48H46O18. The number of hydrogen-bond acceptors (Lipinski definition) is 18. The van der Waals surface area contributed by atoms with Crippen molar-refractivity contribution in [2.45, 2.75) is 36.9 Å². The summed E-state index contributed by atoms with van der Waals surface area (Å²) < 4.78 is 80.7. The first-order chi connectivity index (χ1) is 32.1. The summed E-state index contributed by atoms with van der Waals surface area (Å²) in [7, 11) is 9.03. The maximum absolute atomic E-state index is 13.9. The van der Waals surface area contributed by atoms with Crippen LogP contribution in [0.4, 0.5) is 0 Å². The van der Waals surface area contributed by atoms with E-state index >= 15 is 0 Å². The Morgan fingerprint density at radius 1 is 0.470 bits per heavy atom. The summed E-state index contributed by atoms with van der Waals surface area (Å²) in [5.74, 6) is -2.25. The van der Waals surface area contributed by atoms with Crippen LogP contribution >= 0.6 is 0 Å². The first-order valence-electron chi connectivity index (χ1n) is 21.3. The molecule has 346 valence electrons. The molecule has 6 aliphatic rings. The highest BCUT2D eigenvalue weighted by Crippen LogP contribution is 2.59. The summed E-state index contributed by atoms with van der Waals surface area (Å²) in [5.41, 5.74) is 3.82. The van der Waals surface area contributed by atoms with Crippen LogP contribution in [0.25, 0.3) is 0 Å². The molecule has 4 heterocycles. The molecule has 4 aromatic carbocycles. The normalized spacial score (nSPS) is 24.7. The quantitative estimate of drug-likeness (QED) is 0.117. The molecular weight excluding hydrogens is 865 g/mol. The van der Waals surface area contributed by atoms with Gasteiger partial charge in [0.1, 0.15) is 12.2 Å². The molecule has 0 saturated carbocycles. The van der Waals surface area contributed by atoms with E-state index in [1.54, 1.807) is 48.5 Å². The zero-order valence-corrected chi connectivity index (χ0v) is 36.8. The Morgan fingerprint density at radius 2 is 0.803 bits per heavy atom. The van der Waals surface area contributed by atoms with Crippen molar-refractivity contribution >= 4 is 23.9 Å². The minimum absolute atomic E-state index is 0.0171. The monoisotopic (exact) mass is 910 g/mol. The van der Waals surface area contributed by atoms with Gasteiger partial charge in [-0.05, 0) is 70.8 Å². The molecule has 0 N–H and O–H groups in total. The highest BCUT2D eigenvalue weighted by molar-refractivity contribution is 5.82. The van der Waals surface area contributed by atoms with E-state index in [9.17, 15) is 19.2 Å². The van der Waals surface area contributed by atoms with Crippen molar-refractivity contribution in [1.29, 1.82) is 0 Å². The van der Waals surface area contributed by atoms with Gasteiger partial charge in [0, 0.05) is 34.8 Å². The van der Waals surface area contributed by atoms with Crippen LogP contribution in [0.5, 0.6) is 57.5 Å². The molecule has 18 nitrogen and oxygen atoms in total. The van der Waals surface area contributed by atoms with Gasteiger partial charge in [-0.25, -0.2) is 0 Å². The van der Waals surface area contributed by atoms with Crippen LogP contribution in [0.3, 0.4) is 0 Å². The Labute approximate surface area is 378 Å². The van der Waals surface area contributed by atoms with Gasteiger partial charge in [0.2, 0.25) is 25.1 Å². The number of benzene rings is 4. The van der Waals surface area contributed by atoms with E-state index < -0.39 is 71.6 Å². The third-order valence-electron chi connectivity index (χ3n) is 13.4. The van der Waals surface area contributed by atoms with Gasteiger partial charge in [0.25, 0.3) is 0 Å². The van der Waals surface area contributed by atoms with Gasteiger partial charge in [-0.1, -0.05) is 0 Å². The second kappa shape index (κ2) is 17.0. The molecule has 10 rings (SSSR count). The summed E-state index contributed by atoms with van der Waals surface area (Å²) in [6.07, 6.45) is -2.65. The van der Waals surface area contributed by atoms with Gasteiger partial charge in [-0.15, -0.1) is 0 Å². The standard InChI is InChI=1S/C48H46O18/c1-53-33-9-21(10-34(54-2)45(33)57-5)39-23-13-29-31(63-19-61-29)15-25(23)43(27-17-59-47(51)41(27)39)65-37(49)7-8-38(50)66-44-26-16-32-30(62-20-64-32)14-24(26)40(42-28(44)18-60-48(42)52)22-11-35(55-3)46(58-6)36(12-22)56-4/h9-16,27-28,39-44H,7-8,17-20H2,1-6H3/t27-,28-,39+,40+,41-,42-,43-,44-/m0/s1. The van der Waals surface area contributed by atoms with E-state index in [-0.39, 0.29) is 39.6 Å². The zero-order chi connectivity index (χ0) is 46.0. The second-order valence-corrected chi connectivity index (χ2v) is 16.5. The molecule has 2 fully saturated rings. The van der Waals surface area contributed by atoms with Crippen LogP contribution in [0.1, 0.15) is 70.3 Å². The minimum Gasteiger partial charge on any atom is -0.493 e. The van der Waals surface area contributed by atoms with Gasteiger partial charge in [0.15, 0.2) is 46.0 Å². The average molecular weight is 911 g/mol. The van der Waals surface area contributed by atoms with Crippen molar-refractivity contribution in [3.63, 3.8) is 0 Å². The lowest BCUT2D eigenvalue weighted by Crippen LogP contribution is -2.37. The first kappa shape index (κ1) is 42.7. The van der Waals surface area contributed by atoms with Gasteiger partial charge in [0.05, 0.1) is 80.6 Å². The number of carbonyl (C=O) groups excluding carboxylic acids is 4. The lowest BCUT2D eigenvalue weighted by atomic mass is 9.66. The maximum Gasteiger partial charge on any atom is 0.310 e. The van der Waals surface area contributed by atoms with E-state index in [1.165, 1.54) is 42.7 Å². The van der Waals surface area contributed by atoms with Gasteiger partial charge < -0.3 is 66.3 Å². The van der Waals surface area contributed by atoms with Gasteiger partial charge in [-0.3, -0.25) is 19.2 Å². The second-order valence-electron chi connectivity index (χ2n) is 16.5. The third kappa shape index (κ3) is 6.91. The number of methoxy groups -OCH3 is 6. The molecule has 18 heteroatoms. The van der Waals surface area contributed by atoms with Crippen molar-refractivity contribution in [2.24, 2.45) is 23.7 Å². The summed E-state index contributed by atoms with van der Waals surface area (Å²) in [6, 6.07) is 14.2. The predicted octanol–water partition coefficient (Wildman–Crippen LogP) is 5.71. The Bertz CT molecular complexity index is 2410. The Balaban J connectivity index is 0.929. The Morgan fingerprint density at radius 3 is 1.12 bits per heavy atom. The maximum atomic E-state index is 13.9. The van der Waals surface area contributed by atoms with Crippen molar-refractivity contribution in [1.82, 2.24) is 0 Å². The highest BCUT2D eigenvalue weighted by Gasteiger charge is 2.56. The molecule has 4 aliphatic heterocycles. The lowest BCUT2D eigenvalue weighted by Gasteiger charge is -2.39. The number of rotatable bonds is 13. The number of carbonyl (C=O) groups is 4. The number of fused-ring (bicyclic) bond motifs is 6. The predicted molar refractivity (Wildman–Crippen MR) is 224 cm³/mol. The Kier molecular flexibility index (Phi) is 11.0. The Hall–Kier alpha value is -7.24. The molecule has 0 spiro atoms. The number of cyclic esters (lactones) is 2. The summed E-state index contributed by atoms with van der Waals surface area (Å²) in [4.78, 5) is 55.3. The van der Waals surface area contributed by atoms with Crippen molar-refractivity contribution in [3.05, 3.63) is 81.9 Å². The van der Waals surface area contributed by atoms with Crippen LogP contribution in [0.15, 0.2) is 48.5 Å². The topological polar surface area (TPSA) is 197 Å². The molecule has 4 aromatic rings. The fraction of sp³-hybridized carbons (Fsp3) is 0.417. The average Bonchev–Trinajstić information content (AvgIpc) is 4.16. The molecule has 0 aromatic heterocycles. The largest absolute Gasteiger partial charge is 0.493 e. The minimum atomic E-state index is -0.961. The first-order valence-corrected chi connectivity index (χ1v) is 21.3. The zero-order valence-electron chi connectivity index (χ0n) is 36.8. The SMILES string of the molecule is COc1cc([C@@H]2c3cc4c(cc3[C@H](OC(=O)CCC(=O)O[C@H]3c5cc6c(cc5[C@@H](c5cc(OC)c(OC)c(OC)c5)[C@H]5C(=O)OC[C@@H]53)OCO6)[C@H]3COC(=O)[C@H]23)OCO4)cc(OC)c1OC. The van der Waals surface area contributed by atoms with Gasteiger partial charge >= 0.3 is 23.9 Å². The van der Waals surface area contributed by atoms with E-state index in [1.807, 2.05) is 0 Å². The fourth-order valence-corrected chi connectivity index (χ4v) is 10.5. The van der Waals surface area contributed by atoms with Crippen LogP contribution in [-0.4, -0.2) is 93.3 Å². The van der Waals surface area contributed by atoms with Crippen LogP contribution in [-0.2, 0) is 38.1 Å². The molecule has 8 atom stereocenters. The summed E-state index contributed by atoms with van der Waals surface area (Å²) in [6.45, 7) is -0.0931. The molecule has 0 unspecified atom stereocenters. The molecule has 0 bridgehead atoms. The number of hydrogen-bond donors (Lipinski definition) is 0. The van der Waals surface area contributed by atoms with E-state index in [4.69, 9.17) is 66.3 Å². The van der Waals surface area contributed by atoms with Gasteiger partial charge in [-0.2, -0.15) is 0 Å². The summed E-state index contributed by atoms with van der Waals surface area (Å²) >= 11 is 0. The molecule has 2 saturated heterocycles. The molecule has 0 amide bonds. The van der Waals surface area contributed by atoms with E-state index in [0.29, 0.717) is 90.9 Å². The molecule has 0 radical (unpaired) electrons. The van der Waals surface area contributed by atoms with Crippen molar-refractivity contribution in [3.8, 4) is 57.5 Å². The van der Waals surface area contributed by atoms with Crippen molar-refractivity contribution < 1.29 is 85.5 Å². The van der Waals surface area contributed by atoms with Crippen LogP contribution in [0.2, 0.25) is 0 Å². The smallest absolute Gasteiger partial charge is 0.310 e. The molecule has 2 aliphatic carbocycles. The number of esters is 4. The van der Waals surface area contributed by atoms with Crippen molar-refractivity contribution in [2.75, 3.05) is 69.5 Å². The highest BCUT2D eigenvalue weighted by atomic mass is 16.7. The summed E-state index contributed by atoms with van der Waals surface area (Å²) in [5, 5.41) is 0. The number of ether oxygens (including phenoxy) is 14. The van der Waals surface area contributed by atoms with Crippen LogP contribution in [0, 0.1) is 23.7 Å².